The van der Waals surface area contributed by atoms with Gasteiger partial charge in [0.1, 0.15) is 18.1 Å². The average Bonchev–Trinajstić information content (AvgIpc) is 2.62. The van der Waals surface area contributed by atoms with Crippen molar-refractivity contribution in [2.75, 3.05) is 13.2 Å². The van der Waals surface area contributed by atoms with Crippen molar-refractivity contribution in [3.63, 3.8) is 0 Å². The maximum atomic E-state index is 12.4. The SMILES string of the molecule is CCC(Oc1cc(C)ccc1C)C(=O)NCCOc1cccc(C)c1C. The van der Waals surface area contributed by atoms with Gasteiger partial charge in [0.2, 0.25) is 0 Å². The Morgan fingerprint density at radius 2 is 1.81 bits per heavy atom. The molecule has 0 saturated heterocycles. The molecular formula is C22H29NO3. The van der Waals surface area contributed by atoms with Gasteiger partial charge in [-0.25, -0.2) is 0 Å². The van der Waals surface area contributed by atoms with Gasteiger partial charge in [-0.1, -0.05) is 31.2 Å². The molecule has 0 saturated carbocycles. The highest BCUT2D eigenvalue weighted by Crippen LogP contribution is 2.22. The molecule has 0 aliphatic carbocycles. The third-order valence-corrected chi connectivity index (χ3v) is 4.49. The van der Waals surface area contributed by atoms with Crippen LogP contribution in [0.25, 0.3) is 0 Å². The van der Waals surface area contributed by atoms with Crippen molar-refractivity contribution in [3.8, 4) is 11.5 Å². The Hall–Kier alpha value is -2.49. The molecule has 0 bridgehead atoms. The molecule has 4 heteroatoms. The summed E-state index contributed by atoms with van der Waals surface area (Å²) in [5.41, 5.74) is 4.46. The van der Waals surface area contributed by atoms with Crippen LogP contribution >= 0.6 is 0 Å². The van der Waals surface area contributed by atoms with Crippen LogP contribution in [0.4, 0.5) is 0 Å². The van der Waals surface area contributed by atoms with Crippen molar-refractivity contribution < 1.29 is 14.3 Å². The van der Waals surface area contributed by atoms with Gasteiger partial charge in [-0.15, -0.1) is 0 Å². The molecule has 1 unspecified atom stereocenters. The minimum atomic E-state index is -0.504. The highest BCUT2D eigenvalue weighted by molar-refractivity contribution is 5.81. The van der Waals surface area contributed by atoms with Crippen molar-refractivity contribution in [2.24, 2.45) is 0 Å². The Morgan fingerprint density at radius 1 is 1.04 bits per heavy atom. The van der Waals surface area contributed by atoms with E-state index >= 15 is 0 Å². The molecule has 0 heterocycles. The topological polar surface area (TPSA) is 47.6 Å². The number of rotatable bonds is 8. The lowest BCUT2D eigenvalue weighted by molar-refractivity contribution is -0.128. The van der Waals surface area contributed by atoms with Crippen LogP contribution in [0, 0.1) is 27.7 Å². The van der Waals surface area contributed by atoms with E-state index < -0.39 is 6.10 Å². The van der Waals surface area contributed by atoms with E-state index in [1.54, 1.807) is 0 Å². The second-order valence-electron chi connectivity index (χ2n) is 6.62. The lowest BCUT2D eigenvalue weighted by atomic mass is 10.1. The summed E-state index contributed by atoms with van der Waals surface area (Å²) in [6, 6.07) is 12.0. The van der Waals surface area contributed by atoms with Crippen molar-refractivity contribution in [3.05, 3.63) is 58.7 Å². The van der Waals surface area contributed by atoms with Gasteiger partial charge in [0.25, 0.3) is 5.91 Å². The van der Waals surface area contributed by atoms with Gasteiger partial charge in [0.05, 0.1) is 6.54 Å². The zero-order valence-electron chi connectivity index (χ0n) is 16.4. The molecule has 1 amide bonds. The van der Waals surface area contributed by atoms with E-state index in [1.807, 2.05) is 58.0 Å². The minimum Gasteiger partial charge on any atom is -0.491 e. The lowest BCUT2D eigenvalue weighted by Gasteiger charge is -2.19. The quantitative estimate of drug-likeness (QED) is 0.719. The summed E-state index contributed by atoms with van der Waals surface area (Å²) in [5.74, 6) is 1.51. The summed E-state index contributed by atoms with van der Waals surface area (Å²) in [6.45, 7) is 10.9. The third kappa shape index (κ3) is 5.25. The van der Waals surface area contributed by atoms with Gasteiger partial charge in [-0.3, -0.25) is 4.79 Å². The van der Waals surface area contributed by atoms with Crippen LogP contribution in [0.15, 0.2) is 36.4 Å². The Bertz CT molecular complexity index is 755. The first kappa shape index (κ1) is 19.8. The predicted molar refractivity (Wildman–Crippen MR) is 105 cm³/mol. The Balaban J connectivity index is 1.85. The number of ether oxygens (including phenoxy) is 2. The molecule has 1 N–H and O–H groups in total. The summed E-state index contributed by atoms with van der Waals surface area (Å²) in [7, 11) is 0. The number of hydrogen-bond acceptors (Lipinski definition) is 3. The van der Waals surface area contributed by atoms with Crippen molar-refractivity contribution in [1.29, 1.82) is 0 Å². The summed E-state index contributed by atoms with van der Waals surface area (Å²) in [6.07, 6.45) is 0.105. The van der Waals surface area contributed by atoms with E-state index in [4.69, 9.17) is 9.47 Å². The number of carbonyl (C=O) groups excluding carboxylic acids is 1. The first-order chi connectivity index (χ1) is 12.4. The van der Waals surface area contributed by atoms with Crippen LogP contribution in [0.3, 0.4) is 0 Å². The Labute approximate surface area is 156 Å². The Kier molecular flexibility index (Phi) is 7.07. The monoisotopic (exact) mass is 355 g/mol. The summed E-state index contributed by atoms with van der Waals surface area (Å²) in [4.78, 5) is 12.4. The fraction of sp³-hybridized carbons (Fsp3) is 0.409. The molecule has 2 rings (SSSR count). The molecule has 0 radical (unpaired) electrons. The smallest absolute Gasteiger partial charge is 0.261 e. The maximum absolute atomic E-state index is 12.4. The molecule has 2 aromatic carbocycles. The molecule has 1 atom stereocenters. The molecule has 0 spiro atoms. The fourth-order valence-electron chi connectivity index (χ4n) is 2.64. The van der Waals surface area contributed by atoms with Crippen LogP contribution in [-0.4, -0.2) is 25.2 Å². The summed E-state index contributed by atoms with van der Waals surface area (Å²) in [5, 5.41) is 2.90. The van der Waals surface area contributed by atoms with Crippen molar-refractivity contribution in [2.45, 2.75) is 47.1 Å². The Morgan fingerprint density at radius 3 is 2.54 bits per heavy atom. The zero-order valence-corrected chi connectivity index (χ0v) is 16.4. The molecule has 140 valence electrons. The number of hydrogen-bond donors (Lipinski definition) is 1. The van der Waals surface area contributed by atoms with Crippen LogP contribution in [0.1, 0.15) is 35.6 Å². The van der Waals surface area contributed by atoms with E-state index in [0.29, 0.717) is 19.6 Å². The second kappa shape index (κ2) is 9.27. The van der Waals surface area contributed by atoms with Crippen LogP contribution in [0.5, 0.6) is 11.5 Å². The molecule has 4 nitrogen and oxygen atoms in total. The number of benzene rings is 2. The zero-order chi connectivity index (χ0) is 19.1. The van der Waals surface area contributed by atoms with E-state index in [1.165, 1.54) is 5.56 Å². The first-order valence-electron chi connectivity index (χ1n) is 9.13. The summed E-state index contributed by atoms with van der Waals surface area (Å²) < 4.78 is 11.7. The lowest BCUT2D eigenvalue weighted by Crippen LogP contribution is -2.39. The van der Waals surface area contributed by atoms with Gasteiger partial charge in [-0.05, 0) is 68.5 Å². The normalized spacial score (nSPS) is 11.7. The third-order valence-electron chi connectivity index (χ3n) is 4.49. The summed E-state index contributed by atoms with van der Waals surface area (Å²) >= 11 is 0. The number of amides is 1. The molecule has 0 aliphatic rings. The van der Waals surface area contributed by atoms with Gasteiger partial charge >= 0.3 is 0 Å². The number of carbonyl (C=O) groups is 1. The largest absolute Gasteiger partial charge is 0.491 e. The second-order valence-corrected chi connectivity index (χ2v) is 6.62. The molecule has 2 aromatic rings. The standard InChI is InChI=1S/C22H29NO3/c1-6-19(26-21-14-15(2)10-11-17(21)4)22(24)23-12-13-25-20-9-7-8-16(3)18(20)5/h7-11,14,19H,6,12-13H2,1-5H3,(H,23,24). The van der Waals surface area contributed by atoms with Crippen LogP contribution < -0.4 is 14.8 Å². The first-order valence-corrected chi connectivity index (χ1v) is 9.13. The van der Waals surface area contributed by atoms with Gasteiger partial charge < -0.3 is 14.8 Å². The number of nitrogens with one attached hydrogen (secondary N) is 1. The van der Waals surface area contributed by atoms with Gasteiger partial charge in [0.15, 0.2) is 6.10 Å². The highest BCUT2D eigenvalue weighted by Gasteiger charge is 2.18. The van der Waals surface area contributed by atoms with E-state index in [2.05, 4.69) is 18.3 Å². The van der Waals surface area contributed by atoms with E-state index in [-0.39, 0.29) is 5.91 Å². The molecule has 0 aliphatic heterocycles. The average molecular weight is 355 g/mol. The van der Waals surface area contributed by atoms with E-state index in [0.717, 1.165) is 28.2 Å². The molecule has 0 fully saturated rings. The predicted octanol–water partition coefficient (Wildman–Crippen LogP) is 4.27. The van der Waals surface area contributed by atoms with E-state index in [9.17, 15) is 4.79 Å². The number of aryl methyl sites for hydroxylation is 3. The molecule has 0 aromatic heterocycles. The molecular weight excluding hydrogens is 326 g/mol. The highest BCUT2D eigenvalue weighted by atomic mass is 16.5. The maximum Gasteiger partial charge on any atom is 0.261 e. The fourth-order valence-corrected chi connectivity index (χ4v) is 2.64. The molecule has 26 heavy (non-hydrogen) atoms. The minimum absolute atomic E-state index is 0.113. The van der Waals surface area contributed by atoms with Crippen LogP contribution in [-0.2, 0) is 4.79 Å². The van der Waals surface area contributed by atoms with Crippen molar-refractivity contribution >= 4 is 5.91 Å². The van der Waals surface area contributed by atoms with Crippen LogP contribution in [0.2, 0.25) is 0 Å². The van der Waals surface area contributed by atoms with Gasteiger partial charge in [0, 0.05) is 0 Å². The van der Waals surface area contributed by atoms with Crippen molar-refractivity contribution in [1.82, 2.24) is 5.32 Å². The van der Waals surface area contributed by atoms with Gasteiger partial charge in [-0.2, -0.15) is 0 Å².